The molecule has 7 nitrogen and oxygen atoms in total. The molecule has 0 fully saturated rings. The van der Waals surface area contributed by atoms with Crippen molar-refractivity contribution in [2.75, 3.05) is 15.8 Å². The van der Waals surface area contributed by atoms with E-state index in [9.17, 15) is 13.2 Å². The average molecular weight is 438 g/mol. The molecule has 0 spiro atoms. The van der Waals surface area contributed by atoms with E-state index in [1.165, 1.54) is 42.1 Å². The lowest BCUT2D eigenvalue weighted by atomic mass is 10.3. The van der Waals surface area contributed by atoms with Crippen molar-refractivity contribution in [3.63, 3.8) is 0 Å². The highest BCUT2D eigenvalue weighted by atomic mass is 35.5. The van der Waals surface area contributed by atoms with Crippen LogP contribution in [-0.2, 0) is 14.8 Å². The van der Waals surface area contributed by atoms with Crippen LogP contribution in [0.3, 0.4) is 0 Å². The Bertz CT molecular complexity index is 1060. The molecule has 0 saturated heterocycles. The number of thioether (sulfide) groups is 1. The molecule has 1 aromatic heterocycles. The summed E-state index contributed by atoms with van der Waals surface area (Å²) in [7, 11) is -3.80. The summed E-state index contributed by atoms with van der Waals surface area (Å²) in [6.45, 7) is 1.66. The molecular formula is C18H16ClN3O4S2. The predicted octanol–water partition coefficient (Wildman–Crippen LogP) is 4.17. The summed E-state index contributed by atoms with van der Waals surface area (Å²) in [4.78, 5) is 13.0. The van der Waals surface area contributed by atoms with Crippen LogP contribution in [0.25, 0.3) is 0 Å². The van der Waals surface area contributed by atoms with Crippen LogP contribution in [-0.4, -0.2) is 25.2 Å². The molecule has 2 aromatic carbocycles. The molecule has 0 aliphatic heterocycles. The summed E-state index contributed by atoms with van der Waals surface area (Å²) in [5.41, 5.74) is 0.498. The number of carbonyl (C=O) groups excluding carboxylic acids is 1. The van der Waals surface area contributed by atoms with E-state index in [-0.39, 0.29) is 22.4 Å². The van der Waals surface area contributed by atoms with Crippen molar-refractivity contribution in [2.45, 2.75) is 16.7 Å². The summed E-state index contributed by atoms with van der Waals surface area (Å²) in [6.07, 6.45) is 0. The van der Waals surface area contributed by atoms with Crippen LogP contribution in [0.5, 0.6) is 0 Å². The van der Waals surface area contributed by atoms with Crippen molar-refractivity contribution in [1.82, 2.24) is 5.16 Å². The zero-order chi connectivity index (χ0) is 20.1. The van der Waals surface area contributed by atoms with E-state index in [4.69, 9.17) is 16.1 Å². The summed E-state index contributed by atoms with van der Waals surface area (Å²) >= 11 is 7.20. The van der Waals surface area contributed by atoms with E-state index in [0.717, 1.165) is 4.90 Å². The maximum absolute atomic E-state index is 12.3. The monoisotopic (exact) mass is 437 g/mol. The highest BCUT2D eigenvalue weighted by Gasteiger charge is 2.16. The second-order valence-corrected chi connectivity index (χ2v) is 8.91. The van der Waals surface area contributed by atoms with E-state index in [1.807, 2.05) is 12.1 Å². The molecule has 3 aromatic rings. The summed E-state index contributed by atoms with van der Waals surface area (Å²) < 4.78 is 31.8. The minimum Gasteiger partial charge on any atom is -0.360 e. The van der Waals surface area contributed by atoms with Gasteiger partial charge in [0, 0.05) is 21.7 Å². The normalized spacial score (nSPS) is 11.2. The lowest BCUT2D eigenvalue weighted by Gasteiger charge is -2.08. The number of sulfonamides is 1. The Kier molecular flexibility index (Phi) is 6.28. The van der Waals surface area contributed by atoms with E-state index in [1.54, 1.807) is 19.1 Å². The Morgan fingerprint density at radius 2 is 1.82 bits per heavy atom. The van der Waals surface area contributed by atoms with Gasteiger partial charge in [-0.1, -0.05) is 16.8 Å². The van der Waals surface area contributed by atoms with Gasteiger partial charge in [-0.2, -0.15) is 0 Å². The fourth-order valence-electron chi connectivity index (χ4n) is 2.21. The molecule has 146 valence electrons. The molecule has 0 aliphatic rings. The number of hydrogen-bond donors (Lipinski definition) is 2. The highest BCUT2D eigenvalue weighted by Crippen LogP contribution is 2.21. The molecule has 0 saturated carbocycles. The Labute approximate surface area is 171 Å². The molecule has 28 heavy (non-hydrogen) atoms. The van der Waals surface area contributed by atoms with Crippen molar-refractivity contribution in [3.05, 3.63) is 65.4 Å². The molecule has 0 bridgehead atoms. The van der Waals surface area contributed by atoms with Crippen LogP contribution in [0.4, 0.5) is 11.5 Å². The van der Waals surface area contributed by atoms with Crippen molar-refractivity contribution in [1.29, 1.82) is 0 Å². The predicted molar refractivity (Wildman–Crippen MR) is 109 cm³/mol. The van der Waals surface area contributed by atoms with Gasteiger partial charge in [0.2, 0.25) is 5.91 Å². The van der Waals surface area contributed by atoms with Gasteiger partial charge in [0.25, 0.3) is 10.0 Å². The molecule has 0 aliphatic carbocycles. The standard InChI is InChI=1S/C18H16ClN3O4S2/c1-12-10-17(21-26-12)22-28(24,25)16-8-4-14(5-9-16)20-18(23)11-27-15-6-2-13(19)3-7-15/h2-10H,11H2,1H3,(H,20,23)(H,21,22). The number of anilines is 2. The first-order chi connectivity index (χ1) is 13.3. The van der Waals surface area contributed by atoms with Crippen LogP contribution in [0.15, 0.2) is 68.9 Å². The molecule has 1 heterocycles. The Balaban J connectivity index is 1.57. The molecule has 10 heteroatoms. The number of benzene rings is 2. The molecule has 0 unspecified atom stereocenters. The SMILES string of the molecule is Cc1cc(NS(=O)(=O)c2ccc(NC(=O)CSc3ccc(Cl)cc3)cc2)no1. The van der Waals surface area contributed by atoms with Crippen molar-refractivity contribution in [2.24, 2.45) is 0 Å². The van der Waals surface area contributed by atoms with Gasteiger partial charge >= 0.3 is 0 Å². The van der Waals surface area contributed by atoms with Crippen molar-refractivity contribution < 1.29 is 17.7 Å². The zero-order valence-corrected chi connectivity index (χ0v) is 17.1. The van der Waals surface area contributed by atoms with Gasteiger partial charge in [-0.05, 0) is 55.5 Å². The van der Waals surface area contributed by atoms with Gasteiger partial charge in [-0.15, -0.1) is 11.8 Å². The third-order valence-electron chi connectivity index (χ3n) is 3.50. The van der Waals surface area contributed by atoms with Crippen LogP contribution in [0, 0.1) is 6.92 Å². The second-order valence-electron chi connectivity index (χ2n) is 5.74. The van der Waals surface area contributed by atoms with Crippen LogP contribution >= 0.6 is 23.4 Å². The molecule has 1 amide bonds. The first-order valence-electron chi connectivity index (χ1n) is 8.06. The maximum atomic E-state index is 12.3. The quantitative estimate of drug-likeness (QED) is 0.538. The van der Waals surface area contributed by atoms with Crippen molar-refractivity contribution >= 4 is 50.8 Å². The van der Waals surface area contributed by atoms with Gasteiger partial charge < -0.3 is 9.84 Å². The smallest absolute Gasteiger partial charge is 0.263 e. The Hall–Kier alpha value is -2.49. The first kappa shape index (κ1) is 20.2. The number of nitrogens with one attached hydrogen (secondary N) is 2. The maximum Gasteiger partial charge on any atom is 0.263 e. The van der Waals surface area contributed by atoms with E-state index in [0.29, 0.717) is 16.5 Å². The molecular weight excluding hydrogens is 422 g/mol. The van der Waals surface area contributed by atoms with Gasteiger partial charge in [-0.25, -0.2) is 8.42 Å². The number of aryl methyl sites for hydroxylation is 1. The molecule has 3 rings (SSSR count). The second kappa shape index (κ2) is 8.68. The summed E-state index contributed by atoms with van der Waals surface area (Å²) in [6, 6.07) is 14.5. The molecule has 2 N–H and O–H groups in total. The Morgan fingerprint density at radius 3 is 2.43 bits per heavy atom. The minimum absolute atomic E-state index is 0.0432. The van der Waals surface area contributed by atoms with E-state index < -0.39 is 10.0 Å². The number of halogens is 1. The van der Waals surface area contributed by atoms with Gasteiger partial charge in [-0.3, -0.25) is 9.52 Å². The number of aromatic nitrogens is 1. The fourth-order valence-corrected chi connectivity index (χ4v) is 4.01. The summed E-state index contributed by atoms with van der Waals surface area (Å²) in [5.74, 6) is 0.613. The lowest BCUT2D eigenvalue weighted by Crippen LogP contribution is -2.15. The molecule has 0 atom stereocenters. The third-order valence-corrected chi connectivity index (χ3v) is 6.13. The minimum atomic E-state index is -3.80. The van der Waals surface area contributed by atoms with Crippen molar-refractivity contribution in [3.8, 4) is 0 Å². The number of rotatable bonds is 7. The fraction of sp³-hybridized carbons (Fsp3) is 0.111. The van der Waals surface area contributed by atoms with E-state index in [2.05, 4.69) is 15.2 Å². The van der Waals surface area contributed by atoms with Gasteiger partial charge in [0.15, 0.2) is 5.82 Å². The van der Waals surface area contributed by atoms with Crippen LogP contribution in [0.1, 0.15) is 5.76 Å². The number of carbonyl (C=O) groups is 1. The summed E-state index contributed by atoms with van der Waals surface area (Å²) in [5, 5.41) is 6.96. The topological polar surface area (TPSA) is 101 Å². The van der Waals surface area contributed by atoms with Gasteiger partial charge in [0.1, 0.15) is 5.76 Å². The number of hydrogen-bond acceptors (Lipinski definition) is 6. The number of amides is 1. The largest absolute Gasteiger partial charge is 0.360 e. The Morgan fingerprint density at radius 1 is 1.14 bits per heavy atom. The average Bonchev–Trinajstić information content (AvgIpc) is 3.06. The van der Waals surface area contributed by atoms with Crippen LogP contribution in [0.2, 0.25) is 5.02 Å². The lowest BCUT2D eigenvalue weighted by molar-refractivity contribution is -0.113. The first-order valence-corrected chi connectivity index (χ1v) is 10.9. The van der Waals surface area contributed by atoms with E-state index >= 15 is 0 Å². The number of nitrogens with zero attached hydrogens (tertiary/aromatic N) is 1. The third kappa shape index (κ3) is 5.51. The zero-order valence-electron chi connectivity index (χ0n) is 14.7. The van der Waals surface area contributed by atoms with Gasteiger partial charge in [0.05, 0.1) is 10.6 Å². The van der Waals surface area contributed by atoms with Crippen LogP contribution < -0.4 is 10.0 Å². The molecule has 0 radical (unpaired) electrons. The highest BCUT2D eigenvalue weighted by molar-refractivity contribution is 8.00.